The maximum Gasteiger partial charge on any atom is 0.257 e. The van der Waals surface area contributed by atoms with Gasteiger partial charge in [-0.15, -0.1) is 0 Å². The topological polar surface area (TPSA) is 54.9 Å². The smallest absolute Gasteiger partial charge is 0.257 e. The second-order valence-electron chi connectivity index (χ2n) is 3.72. The number of benzene rings is 1. The van der Waals surface area contributed by atoms with Gasteiger partial charge in [0.15, 0.2) is 11.0 Å². The number of nitrogens with zero attached hydrogens (tertiary/aromatic N) is 2. The van der Waals surface area contributed by atoms with E-state index in [1.54, 1.807) is 6.07 Å². The Balaban J connectivity index is 2.31. The first-order chi connectivity index (χ1) is 9.00. The van der Waals surface area contributed by atoms with Crippen molar-refractivity contribution < 1.29 is 4.79 Å². The van der Waals surface area contributed by atoms with Crippen LogP contribution in [0.5, 0.6) is 0 Å². The molecule has 7 heteroatoms. The van der Waals surface area contributed by atoms with Crippen molar-refractivity contribution >= 4 is 57.5 Å². The quantitative estimate of drug-likeness (QED) is 0.605. The third kappa shape index (κ3) is 3.16. The largest absolute Gasteiger partial charge is 0.305 e. The van der Waals surface area contributed by atoms with Crippen LogP contribution in [0, 0.1) is 10.5 Å². The number of carbonyl (C=O) groups excluding carboxylic acids is 1. The van der Waals surface area contributed by atoms with Gasteiger partial charge in [-0.25, -0.2) is 9.97 Å². The van der Waals surface area contributed by atoms with Gasteiger partial charge in [0.05, 0.1) is 5.56 Å². The molecule has 0 saturated carbocycles. The zero-order valence-electron chi connectivity index (χ0n) is 9.75. The van der Waals surface area contributed by atoms with Crippen molar-refractivity contribution in [1.82, 2.24) is 9.97 Å². The Bertz CT molecular complexity index is 649. The fourth-order valence-electron chi connectivity index (χ4n) is 1.43. The third-order valence-corrected chi connectivity index (χ3v) is 4.59. The lowest BCUT2D eigenvalue weighted by atomic mass is 10.1. The van der Waals surface area contributed by atoms with E-state index in [0.29, 0.717) is 5.56 Å². The van der Waals surface area contributed by atoms with Crippen molar-refractivity contribution in [2.45, 2.75) is 6.92 Å². The van der Waals surface area contributed by atoms with E-state index in [-0.39, 0.29) is 21.9 Å². The molecule has 0 bridgehead atoms. The summed E-state index contributed by atoms with van der Waals surface area (Å²) in [6.07, 6.45) is 1.24. The SMILES string of the molecule is Cc1cccc(C(=O)Nc2ncnc(Cl)c2Cl)c1I. The summed E-state index contributed by atoms with van der Waals surface area (Å²) in [6, 6.07) is 5.49. The van der Waals surface area contributed by atoms with Gasteiger partial charge in [-0.3, -0.25) is 4.79 Å². The second kappa shape index (κ2) is 6.02. The molecule has 1 heterocycles. The van der Waals surface area contributed by atoms with Gasteiger partial charge in [-0.1, -0.05) is 35.3 Å². The molecular formula is C12H8Cl2IN3O. The van der Waals surface area contributed by atoms with Gasteiger partial charge in [-0.05, 0) is 41.1 Å². The van der Waals surface area contributed by atoms with Gasteiger partial charge >= 0.3 is 0 Å². The first-order valence-corrected chi connectivity index (χ1v) is 7.06. The van der Waals surface area contributed by atoms with Crippen molar-refractivity contribution in [3.8, 4) is 0 Å². The van der Waals surface area contributed by atoms with Gasteiger partial charge in [0, 0.05) is 3.57 Å². The molecule has 0 fully saturated rings. The summed E-state index contributed by atoms with van der Waals surface area (Å²) in [5.74, 6) is -0.0891. The summed E-state index contributed by atoms with van der Waals surface area (Å²) >= 11 is 13.8. The van der Waals surface area contributed by atoms with Crippen molar-refractivity contribution in [2.24, 2.45) is 0 Å². The standard InChI is InChI=1S/C12H8Cl2IN3O/c1-6-3-2-4-7(9(6)15)12(19)18-11-8(13)10(14)16-5-17-11/h2-5H,1H3,(H,16,17,18,19). The number of hydrogen-bond donors (Lipinski definition) is 1. The number of amides is 1. The van der Waals surface area contributed by atoms with Crippen LogP contribution >= 0.6 is 45.8 Å². The van der Waals surface area contributed by atoms with E-state index in [9.17, 15) is 4.79 Å². The summed E-state index contributed by atoms with van der Waals surface area (Å²) in [6.45, 7) is 1.94. The maximum atomic E-state index is 12.2. The number of aromatic nitrogens is 2. The van der Waals surface area contributed by atoms with Crippen LogP contribution in [0.4, 0.5) is 5.82 Å². The molecular weight excluding hydrogens is 400 g/mol. The molecule has 1 N–H and O–H groups in total. The molecule has 0 unspecified atom stereocenters. The Hall–Kier alpha value is -0.920. The predicted molar refractivity (Wildman–Crippen MR) is 83.9 cm³/mol. The average molecular weight is 408 g/mol. The van der Waals surface area contributed by atoms with Crippen molar-refractivity contribution in [2.75, 3.05) is 5.32 Å². The van der Waals surface area contributed by atoms with Crippen LogP contribution < -0.4 is 5.32 Å². The lowest BCUT2D eigenvalue weighted by Gasteiger charge is -2.09. The number of anilines is 1. The number of rotatable bonds is 2. The van der Waals surface area contributed by atoms with Crippen molar-refractivity contribution in [3.63, 3.8) is 0 Å². The Labute approximate surface area is 133 Å². The number of aryl methyl sites for hydroxylation is 1. The maximum absolute atomic E-state index is 12.2. The molecule has 0 radical (unpaired) electrons. The lowest BCUT2D eigenvalue weighted by Crippen LogP contribution is -2.15. The monoisotopic (exact) mass is 407 g/mol. The molecule has 4 nitrogen and oxygen atoms in total. The number of hydrogen-bond acceptors (Lipinski definition) is 3. The summed E-state index contributed by atoms with van der Waals surface area (Å²) in [5, 5.41) is 2.85. The summed E-state index contributed by atoms with van der Waals surface area (Å²) in [4.78, 5) is 19.8. The third-order valence-electron chi connectivity index (χ3n) is 2.42. The molecule has 0 aliphatic rings. The first-order valence-electron chi connectivity index (χ1n) is 5.23. The zero-order valence-corrected chi connectivity index (χ0v) is 13.4. The van der Waals surface area contributed by atoms with Gasteiger partial charge in [0.1, 0.15) is 11.3 Å². The fraction of sp³-hybridized carbons (Fsp3) is 0.0833. The fourth-order valence-corrected chi connectivity index (χ4v) is 2.32. The molecule has 2 aromatic rings. The van der Waals surface area contributed by atoms with Crippen LogP contribution in [0.2, 0.25) is 10.2 Å². The van der Waals surface area contributed by atoms with E-state index in [4.69, 9.17) is 23.2 Å². The zero-order chi connectivity index (χ0) is 14.0. The molecule has 0 spiro atoms. The Morgan fingerprint density at radius 3 is 2.79 bits per heavy atom. The van der Waals surface area contributed by atoms with Crippen LogP contribution in [0.15, 0.2) is 24.5 Å². The molecule has 2 rings (SSSR count). The van der Waals surface area contributed by atoms with Crippen LogP contribution in [0.3, 0.4) is 0 Å². The highest BCUT2D eigenvalue weighted by Crippen LogP contribution is 2.26. The highest BCUT2D eigenvalue weighted by Gasteiger charge is 2.15. The molecule has 0 saturated heterocycles. The molecule has 0 atom stereocenters. The summed E-state index contributed by atoms with van der Waals surface area (Å²) in [5.41, 5.74) is 1.59. The van der Waals surface area contributed by atoms with E-state index in [2.05, 4.69) is 37.9 Å². The summed E-state index contributed by atoms with van der Waals surface area (Å²) < 4.78 is 0.883. The molecule has 0 aliphatic carbocycles. The molecule has 19 heavy (non-hydrogen) atoms. The minimum Gasteiger partial charge on any atom is -0.305 e. The van der Waals surface area contributed by atoms with Crippen LogP contribution in [0.1, 0.15) is 15.9 Å². The minimum atomic E-state index is -0.287. The van der Waals surface area contributed by atoms with Crippen molar-refractivity contribution in [1.29, 1.82) is 0 Å². The number of halogens is 3. The normalized spacial score (nSPS) is 10.3. The highest BCUT2D eigenvalue weighted by atomic mass is 127. The molecule has 1 aromatic carbocycles. The Morgan fingerprint density at radius 1 is 1.32 bits per heavy atom. The van der Waals surface area contributed by atoms with Crippen LogP contribution in [0.25, 0.3) is 0 Å². The molecule has 1 aromatic heterocycles. The number of carbonyl (C=O) groups is 1. The minimum absolute atomic E-state index is 0.103. The van der Waals surface area contributed by atoms with E-state index < -0.39 is 0 Å². The first kappa shape index (κ1) is 14.5. The predicted octanol–water partition coefficient (Wildman–Crippen LogP) is 3.95. The van der Waals surface area contributed by atoms with Crippen LogP contribution in [-0.2, 0) is 0 Å². The lowest BCUT2D eigenvalue weighted by molar-refractivity contribution is 0.102. The van der Waals surface area contributed by atoms with Gasteiger partial charge in [0.25, 0.3) is 5.91 Å². The van der Waals surface area contributed by atoms with Crippen molar-refractivity contribution in [3.05, 3.63) is 49.4 Å². The highest BCUT2D eigenvalue weighted by molar-refractivity contribution is 14.1. The average Bonchev–Trinajstić information content (AvgIpc) is 2.38. The second-order valence-corrected chi connectivity index (χ2v) is 5.53. The molecule has 1 amide bonds. The summed E-state index contributed by atoms with van der Waals surface area (Å²) in [7, 11) is 0. The van der Waals surface area contributed by atoms with E-state index in [0.717, 1.165) is 9.13 Å². The van der Waals surface area contributed by atoms with E-state index in [1.807, 2.05) is 19.1 Å². The van der Waals surface area contributed by atoms with E-state index in [1.165, 1.54) is 6.33 Å². The number of nitrogens with one attached hydrogen (secondary N) is 1. The molecule has 98 valence electrons. The Morgan fingerprint density at radius 2 is 2.05 bits per heavy atom. The van der Waals surface area contributed by atoms with Gasteiger partial charge in [-0.2, -0.15) is 0 Å². The Kier molecular flexibility index (Phi) is 4.59. The van der Waals surface area contributed by atoms with Gasteiger partial charge < -0.3 is 5.32 Å². The van der Waals surface area contributed by atoms with Gasteiger partial charge in [0.2, 0.25) is 0 Å². The van der Waals surface area contributed by atoms with Crippen LogP contribution in [-0.4, -0.2) is 15.9 Å². The molecule has 0 aliphatic heterocycles. The van der Waals surface area contributed by atoms with E-state index >= 15 is 0 Å².